The first-order valence-corrected chi connectivity index (χ1v) is 12.3. The van der Waals surface area contributed by atoms with Gasteiger partial charge in [0.25, 0.3) is 10.0 Å². The van der Waals surface area contributed by atoms with Gasteiger partial charge < -0.3 is 9.80 Å². The molecule has 0 spiro atoms. The average Bonchev–Trinajstić information content (AvgIpc) is 2.84. The number of sulfonamides is 1. The smallest absolute Gasteiger partial charge is 0.261 e. The Bertz CT molecular complexity index is 1190. The lowest BCUT2D eigenvalue weighted by Gasteiger charge is -2.37. The Morgan fingerprint density at radius 3 is 2.09 bits per heavy atom. The molecule has 33 heavy (non-hydrogen) atoms. The monoisotopic (exact) mass is 467 g/mol. The van der Waals surface area contributed by atoms with Crippen molar-refractivity contribution in [1.29, 1.82) is 0 Å². The normalized spacial score (nSPS) is 15.2. The van der Waals surface area contributed by atoms with Gasteiger partial charge in [0.15, 0.2) is 0 Å². The van der Waals surface area contributed by atoms with Crippen LogP contribution in [0.5, 0.6) is 0 Å². The van der Waals surface area contributed by atoms with Crippen molar-refractivity contribution < 1.29 is 17.6 Å². The average molecular weight is 468 g/mol. The lowest BCUT2D eigenvalue weighted by atomic mass is 9.99. The molecule has 4 rings (SSSR count). The summed E-state index contributed by atoms with van der Waals surface area (Å²) >= 11 is 0. The highest BCUT2D eigenvalue weighted by atomic mass is 32.2. The van der Waals surface area contributed by atoms with Crippen LogP contribution >= 0.6 is 0 Å². The summed E-state index contributed by atoms with van der Waals surface area (Å²) in [6.45, 7) is 4.41. The minimum absolute atomic E-state index is 0.0337. The maximum atomic E-state index is 13.2. The molecule has 1 fully saturated rings. The first-order chi connectivity index (χ1) is 15.8. The van der Waals surface area contributed by atoms with Gasteiger partial charge in [-0.05, 0) is 61.0 Å². The predicted octanol–water partition coefficient (Wildman–Crippen LogP) is 4.08. The van der Waals surface area contributed by atoms with E-state index in [4.69, 9.17) is 0 Å². The summed E-state index contributed by atoms with van der Waals surface area (Å²) in [5.41, 5.74) is 2.21. The van der Waals surface area contributed by atoms with Crippen molar-refractivity contribution in [3.05, 3.63) is 90.2 Å². The number of carbonyl (C=O) groups is 1. The van der Waals surface area contributed by atoms with E-state index in [0.29, 0.717) is 31.9 Å². The lowest BCUT2D eigenvalue weighted by molar-refractivity contribution is -0.132. The molecular weight excluding hydrogens is 441 g/mol. The Morgan fingerprint density at radius 1 is 0.879 bits per heavy atom. The molecule has 0 aromatic heterocycles. The highest BCUT2D eigenvalue weighted by Crippen LogP contribution is 2.24. The van der Waals surface area contributed by atoms with Gasteiger partial charge in [0.2, 0.25) is 5.91 Å². The number of halogens is 1. The molecule has 6 nitrogen and oxygen atoms in total. The molecule has 1 aliphatic heterocycles. The molecule has 1 heterocycles. The molecule has 0 bridgehead atoms. The largest absolute Gasteiger partial charge is 0.368 e. The van der Waals surface area contributed by atoms with Crippen LogP contribution in [0, 0.1) is 5.82 Å². The van der Waals surface area contributed by atoms with Crippen molar-refractivity contribution >= 4 is 27.3 Å². The van der Waals surface area contributed by atoms with E-state index in [0.717, 1.165) is 11.3 Å². The lowest BCUT2D eigenvalue weighted by Crippen LogP contribution is -2.49. The fraction of sp³-hybridized carbons (Fsp3) is 0.240. The molecule has 172 valence electrons. The molecule has 1 aliphatic rings. The number of nitrogens with one attached hydrogen (secondary N) is 1. The van der Waals surface area contributed by atoms with E-state index in [2.05, 4.69) is 9.62 Å². The van der Waals surface area contributed by atoms with Gasteiger partial charge in [-0.2, -0.15) is 0 Å². The second-order valence-corrected chi connectivity index (χ2v) is 9.73. The van der Waals surface area contributed by atoms with Crippen molar-refractivity contribution in [2.24, 2.45) is 0 Å². The van der Waals surface area contributed by atoms with Crippen LogP contribution in [0.25, 0.3) is 0 Å². The number of hydrogen-bond acceptors (Lipinski definition) is 4. The van der Waals surface area contributed by atoms with Crippen molar-refractivity contribution in [2.45, 2.75) is 17.7 Å². The van der Waals surface area contributed by atoms with Crippen molar-refractivity contribution in [2.75, 3.05) is 35.8 Å². The molecular formula is C25H26FN3O3S. The summed E-state index contributed by atoms with van der Waals surface area (Å²) in [7, 11) is -3.66. The molecule has 0 saturated carbocycles. The van der Waals surface area contributed by atoms with Gasteiger partial charge in [0, 0.05) is 37.6 Å². The summed E-state index contributed by atoms with van der Waals surface area (Å²) < 4.78 is 40.7. The molecule has 1 N–H and O–H groups in total. The van der Waals surface area contributed by atoms with Gasteiger partial charge in [0.05, 0.1) is 10.8 Å². The standard InChI is InChI=1S/C25H26FN3O3S/c1-19(25(30)29-17-15-28(16-18-29)23-13-9-21(26)10-14-23)20-7-11-22(12-8-20)27-33(31,32)24-5-3-2-4-6-24/h2-14,19,27H,15-18H2,1H3. The second-order valence-electron chi connectivity index (χ2n) is 8.05. The van der Waals surface area contributed by atoms with Crippen LogP contribution < -0.4 is 9.62 Å². The third-order valence-corrected chi connectivity index (χ3v) is 7.27. The van der Waals surface area contributed by atoms with Crippen LogP contribution in [0.1, 0.15) is 18.4 Å². The maximum absolute atomic E-state index is 13.2. The van der Waals surface area contributed by atoms with Gasteiger partial charge in [-0.1, -0.05) is 30.3 Å². The molecule has 1 unspecified atom stereocenters. The predicted molar refractivity (Wildman–Crippen MR) is 127 cm³/mol. The number of hydrogen-bond donors (Lipinski definition) is 1. The molecule has 1 atom stereocenters. The number of amides is 1. The van der Waals surface area contributed by atoms with E-state index in [1.807, 2.05) is 11.8 Å². The van der Waals surface area contributed by atoms with Gasteiger partial charge in [-0.15, -0.1) is 0 Å². The topological polar surface area (TPSA) is 69.7 Å². The van der Waals surface area contributed by atoms with Gasteiger partial charge in [-0.25, -0.2) is 12.8 Å². The van der Waals surface area contributed by atoms with Crippen LogP contribution in [0.4, 0.5) is 15.8 Å². The zero-order valence-corrected chi connectivity index (χ0v) is 19.1. The summed E-state index contributed by atoms with van der Waals surface area (Å²) in [6.07, 6.45) is 0. The third-order valence-electron chi connectivity index (χ3n) is 5.87. The van der Waals surface area contributed by atoms with E-state index in [1.165, 1.54) is 24.3 Å². The summed E-state index contributed by atoms with van der Waals surface area (Å²) in [4.78, 5) is 17.2. The zero-order valence-electron chi connectivity index (χ0n) is 18.3. The van der Waals surface area contributed by atoms with Gasteiger partial charge in [-0.3, -0.25) is 9.52 Å². The molecule has 8 heteroatoms. The molecule has 1 saturated heterocycles. The quantitative estimate of drug-likeness (QED) is 0.593. The van der Waals surface area contributed by atoms with Crippen LogP contribution in [-0.2, 0) is 14.8 Å². The Balaban J connectivity index is 1.36. The van der Waals surface area contributed by atoms with E-state index < -0.39 is 10.0 Å². The van der Waals surface area contributed by atoms with E-state index in [1.54, 1.807) is 54.6 Å². The van der Waals surface area contributed by atoms with Crippen LogP contribution in [0.3, 0.4) is 0 Å². The number of rotatable bonds is 6. The molecule has 0 radical (unpaired) electrons. The van der Waals surface area contributed by atoms with E-state index in [9.17, 15) is 17.6 Å². The van der Waals surface area contributed by atoms with Crippen LogP contribution in [0.2, 0.25) is 0 Å². The summed E-state index contributed by atoms with van der Waals surface area (Å²) in [5.74, 6) is -0.575. The highest BCUT2D eigenvalue weighted by Gasteiger charge is 2.26. The third kappa shape index (κ3) is 5.34. The Labute approximate surface area is 193 Å². The minimum atomic E-state index is -3.66. The SMILES string of the molecule is CC(C(=O)N1CCN(c2ccc(F)cc2)CC1)c1ccc(NS(=O)(=O)c2ccccc2)cc1. The highest BCUT2D eigenvalue weighted by molar-refractivity contribution is 7.92. The van der Waals surface area contributed by atoms with Gasteiger partial charge >= 0.3 is 0 Å². The number of piperazine rings is 1. The van der Waals surface area contributed by atoms with Gasteiger partial charge in [0.1, 0.15) is 5.82 Å². The molecule has 0 aliphatic carbocycles. The minimum Gasteiger partial charge on any atom is -0.368 e. The number of anilines is 2. The van der Waals surface area contributed by atoms with E-state index >= 15 is 0 Å². The first kappa shape index (κ1) is 22.8. The number of benzene rings is 3. The molecule has 1 amide bonds. The Morgan fingerprint density at radius 2 is 1.48 bits per heavy atom. The fourth-order valence-electron chi connectivity index (χ4n) is 3.91. The van der Waals surface area contributed by atoms with Crippen LogP contribution in [-0.4, -0.2) is 45.4 Å². The van der Waals surface area contributed by atoms with Crippen molar-refractivity contribution in [3.8, 4) is 0 Å². The Kier molecular flexibility index (Phi) is 6.65. The molecule has 3 aromatic rings. The van der Waals surface area contributed by atoms with E-state index in [-0.39, 0.29) is 22.5 Å². The number of carbonyl (C=O) groups excluding carboxylic acids is 1. The summed E-state index contributed by atoms with van der Waals surface area (Å²) in [6, 6.07) is 21.5. The fourth-order valence-corrected chi connectivity index (χ4v) is 4.99. The second kappa shape index (κ2) is 9.62. The van der Waals surface area contributed by atoms with Crippen LogP contribution in [0.15, 0.2) is 83.8 Å². The number of nitrogens with zero attached hydrogens (tertiary/aromatic N) is 2. The van der Waals surface area contributed by atoms with Crippen molar-refractivity contribution in [1.82, 2.24) is 4.90 Å². The maximum Gasteiger partial charge on any atom is 0.261 e. The first-order valence-electron chi connectivity index (χ1n) is 10.8. The summed E-state index contributed by atoms with van der Waals surface area (Å²) in [5, 5.41) is 0. The molecule has 3 aromatic carbocycles. The Hall–Kier alpha value is -3.39. The zero-order chi connectivity index (χ0) is 23.4. The van der Waals surface area contributed by atoms with Crippen molar-refractivity contribution in [3.63, 3.8) is 0 Å².